The summed E-state index contributed by atoms with van der Waals surface area (Å²) in [7, 11) is 1.61. The van der Waals surface area contributed by atoms with Crippen molar-refractivity contribution in [1.29, 1.82) is 0 Å². The normalized spacial score (nSPS) is 25.8. The van der Waals surface area contributed by atoms with Gasteiger partial charge in [0.25, 0.3) is 0 Å². The van der Waals surface area contributed by atoms with Crippen molar-refractivity contribution in [3.8, 4) is 0 Å². The van der Waals surface area contributed by atoms with Crippen LogP contribution in [0.1, 0.15) is 48.5 Å². The Kier molecular flexibility index (Phi) is 5.09. The molecule has 0 aromatic rings. The van der Waals surface area contributed by atoms with Crippen molar-refractivity contribution < 1.29 is 14.3 Å². The molecule has 2 amide bonds. The van der Waals surface area contributed by atoms with Gasteiger partial charge in [-0.05, 0) is 17.8 Å². The third-order valence-corrected chi connectivity index (χ3v) is 3.88. The molecule has 0 spiro atoms. The van der Waals surface area contributed by atoms with Crippen LogP contribution < -0.4 is 5.32 Å². The molecule has 0 bridgehead atoms. The summed E-state index contributed by atoms with van der Waals surface area (Å²) in [6.45, 7) is 14.2. The van der Waals surface area contributed by atoms with Crippen LogP contribution in [-0.2, 0) is 14.3 Å². The minimum Gasteiger partial charge on any atom is -0.383 e. The molecule has 0 aromatic heterocycles. The van der Waals surface area contributed by atoms with Crippen molar-refractivity contribution in [3.05, 3.63) is 0 Å². The van der Waals surface area contributed by atoms with E-state index in [1.54, 1.807) is 12.0 Å². The number of piperazine rings is 1. The molecule has 5 heteroatoms. The van der Waals surface area contributed by atoms with Gasteiger partial charge in [0, 0.05) is 7.11 Å². The highest BCUT2D eigenvalue weighted by atomic mass is 16.5. The molecule has 1 aliphatic rings. The van der Waals surface area contributed by atoms with Crippen LogP contribution in [0.15, 0.2) is 0 Å². The number of hydrogen-bond donors (Lipinski definition) is 1. The highest BCUT2D eigenvalue weighted by Crippen LogP contribution is 2.33. The summed E-state index contributed by atoms with van der Waals surface area (Å²) in [5.41, 5.74) is -0.648. The maximum atomic E-state index is 12.9. The van der Waals surface area contributed by atoms with E-state index < -0.39 is 12.1 Å². The summed E-state index contributed by atoms with van der Waals surface area (Å²) < 4.78 is 5.20. The molecule has 5 nitrogen and oxygen atoms in total. The monoisotopic (exact) mass is 298 g/mol. The lowest BCUT2D eigenvalue weighted by Gasteiger charge is -2.49. The van der Waals surface area contributed by atoms with E-state index in [0.29, 0.717) is 6.61 Å². The Labute approximate surface area is 128 Å². The summed E-state index contributed by atoms with van der Waals surface area (Å²) in [4.78, 5) is 27.3. The van der Waals surface area contributed by atoms with Crippen LogP contribution in [0.4, 0.5) is 0 Å². The molecule has 1 saturated heterocycles. The molecule has 0 radical (unpaired) electrons. The van der Waals surface area contributed by atoms with E-state index in [1.165, 1.54) is 0 Å². The predicted molar refractivity (Wildman–Crippen MR) is 82.8 cm³/mol. The predicted octanol–water partition coefficient (Wildman–Crippen LogP) is 1.81. The number of nitrogens with one attached hydrogen (secondary N) is 1. The highest BCUT2D eigenvalue weighted by molar-refractivity contribution is 5.98. The van der Waals surface area contributed by atoms with Crippen molar-refractivity contribution in [2.24, 2.45) is 10.8 Å². The first-order chi connectivity index (χ1) is 9.41. The fourth-order valence-corrected chi connectivity index (χ4v) is 2.88. The minimum absolute atomic E-state index is 0.0217. The van der Waals surface area contributed by atoms with Gasteiger partial charge in [-0.2, -0.15) is 0 Å². The second-order valence-electron chi connectivity index (χ2n) is 8.13. The number of ether oxygens (including phenoxy) is 1. The Morgan fingerprint density at radius 2 is 1.67 bits per heavy atom. The zero-order chi connectivity index (χ0) is 16.6. The van der Waals surface area contributed by atoms with Crippen molar-refractivity contribution in [2.45, 2.75) is 66.6 Å². The number of carbonyl (C=O) groups is 2. The van der Waals surface area contributed by atoms with Crippen molar-refractivity contribution in [3.63, 3.8) is 0 Å². The van der Waals surface area contributed by atoms with Crippen molar-refractivity contribution in [2.75, 3.05) is 13.7 Å². The van der Waals surface area contributed by atoms with Gasteiger partial charge >= 0.3 is 0 Å². The molecule has 0 saturated carbocycles. The molecule has 0 aliphatic carbocycles. The van der Waals surface area contributed by atoms with E-state index in [0.717, 1.165) is 0 Å². The van der Waals surface area contributed by atoms with E-state index in [2.05, 4.69) is 5.32 Å². The fraction of sp³-hybridized carbons (Fsp3) is 0.875. The molecule has 1 rings (SSSR count). The Morgan fingerprint density at radius 1 is 1.14 bits per heavy atom. The number of rotatable bonds is 3. The standard InChI is InChI=1S/C16H30N2O3/c1-10(9-21-8)18-12(16(5,6)7)13(19)17-11(14(18)20)15(2,3)4/h10-12H,9H2,1-8H3,(H,17,19). The average Bonchev–Trinajstić information content (AvgIpc) is 2.28. The number of carbonyl (C=O) groups excluding carboxylic acids is 2. The molecule has 21 heavy (non-hydrogen) atoms. The van der Waals surface area contributed by atoms with E-state index >= 15 is 0 Å². The second-order valence-corrected chi connectivity index (χ2v) is 8.13. The molecule has 1 N–H and O–H groups in total. The van der Waals surface area contributed by atoms with Crippen LogP contribution in [-0.4, -0.2) is 48.6 Å². The Morgan fingerprint density at radius 3 is 2.05 bits per heavy atom. The number of nitrogens with zero attached hydrogens (tertiary/aromatic N) is 1. The molecule has 3 unspecified atom stereocenters. The Balaban J connectivity index is 3.24. The first-order valence-corrected chi connectivity index (χ1v) is 7.52. The van der Waals surface area contributed by atoms with Gasteiger partial charge in [-0.25, -0.2) is 0 Å². The topological polar surface area (TPSA) is 58.6 Å². The van der Waals surface area contributed by atoms with Crippen LogP contribution in [0.2, 0.25) is 0 Å². The van der Waals surface area contributed by atoms with Crippen LogP contribution in [0.25, 0.3) is 0 Å². The van der Waals surface area contributed by atoms with Gasteiger partial charge in [-0.15, -0.1) is 0 Å². The van der Waals surface area contributed by atoms with Gasteiger partial charge in [-0.3, -0.25) is 9.59 Å². The largest absolute Gasteiger partial charge is 0.383 e. The van der Waals surface area contributed by atoms with Crippen LogP contribution >= 0.6 is 0 Å². The minimum atomic E-state index is -0.497. The molecular formula is C16H30N2O3. The molecule has 3 atom stereocenters. The third kappa shape index (κ3) is 3.76. The van der Waals surface area contributed by atoms with Gasteiger partial charge in [0.15, 0.2) is 0 Å². The maximum Gasteiger partial charge on any atom is 0.246 e. The summed E-state index contributed by atoms with van der Waals surface area (Å²) in [6.07, 6.45) is 0. The first kappa shape index (κ1) is 18.0. The SMILES string of the molecule is COCC(C)N1C(=O)C(C(C)(C)C)NC(=O)C1C(C)(C)C. The zero-order valence-corrected chi connectivity index (χ0v) is 14.6. The molecule has 1 fully saturated rings. The quantitative estimate of drug-likeness (QED) is 0.864. The van der Waals surface area contributed by atoms with Gasteiger partial charge in [0.1, 0.15) is 12.1 Å². The van der Waals surface area contributed by atoms with Crippen LogP contribution in [0, 0.1) is 10.8 Å². The lowest BCUT2D eigenvalue weighted by Crippen LogP contribution is -2.71. The van der Waals surface area contributed by atoms with Crippen LogP contribution in [0.5, 0.6) is 0 Å². The van der Waals surface area contributed by atoms with E-state index in [1.807, 2.05) is 48.5 Å². The maximum absolute atomic E-state index is 12.9. The summed E-state index contributed by atoms with van der Waals surface area (Å²) in [5, 5.41) is 2.92. The van der Waals surface area contributed by atoms with Gasteiger partial charge in [-0.1, -0.05) is 41.5 Å². The summed E-state index contributed by atoms with van der Waals surface area (Å²) in [5.74, 6) is -0.100. The first-order valence-electron chi connectivity index (χ1n) is 7.52. The van der Waals surface area contributed by atoms with E-state index in [-0.39, 0.29) is 28.7 Å². The lowest BCUT2D eigenvalue weighted by molar-refractivity contribution is -0.161. The smallest absolute Gasteiger partial charge is 0.246 e. The molecule has 1 aliphatic heterocycles. The number of hydrogen-bond acceptors (Lipinski definition) is 3. The molecular weight excluding hydrogens is 268 g/mol. The van der Waals surface area contributed by atoms with Gasteiger partial charge in [0.2, 0.25) is 11.8 Å². The fourth-order valence-electron chi connectivity index (χ4n) is 2.88. The molecule has 1 heterocycles. The van der Waals surface area contributed by atoms with Crippen LogP contribution in [0.3, 0.4) is 0 Å². The zero-order valence-electron chi connectivity index (χ0n) is 14.6. The van der Waals surface area contributed by atoms with Gasteiger partial charge < -0.3 is 15.0 Å². The molecule has 122 valence electrons. The summed E-state index contributed by atoms with van der Waals surface area (Å²) in [6, 6.07) is -1.11. The second kappa shape index (κ2) is 5.95. The third-order valence-electron chi connectivity index (χ3n) is 3.88. The lowest BCUT2D eigenvalue weighted by atomic mass is 9.78. The number of amides is 2. The Bertz CT molecular complexity index is 407. The number of methoxy groups -OCH3 is 1. The molecule has 0 aromatic carbocycles. The van der Waals surface area contributed by atoms with E-state index in [4.69, 9.17) is 4.74 Å². The van der Waals surface area contributed by atoms with Gasteiger partial charge in [0.05, 0.1) is 12.6 Å². The van der Waals surface area contributed by atoms with Crippen molar-refractivity contribution in [1.82, 2.24) is 10.2 Å². The highest BCUT2D eigenvalue weighted by Gasteiger charge is 2.50. The van der Waals surface area contributed by atoms with Crippen molar-refractivity contribution >= 4 is 11.8 Å². The van der Waals surface area contributed by atoms with E-state index in [9.17, 15) is 9.59 Å². The Hall–Kier alpha value is -1.10. The summed E-state index contributed by atoms with van der Waals surface area (Å²) >= 11 is 0. The average molecular weight is 298 g/mol.